The number of hydrogen-bond acceptors (Lipinski definition) is 2. The Morgan fingerprint density at radius 1 is 1.37 bits per heavy atom. The Balaban J connectivity index is 1.95. The van der Waals surface area contributed by atoms with Crippen molar-refractivity contribution in [2.75, 3.05) is 13.1 Å². The van der Waals surface area contributed by atoms with Gasteiger partial charge in [-0.3, -0.25) is 4.90 Å². The van der Waals surface area contributed by atoms with Crippen LogP contribution < -0.4 is 4.74 Å². The lowest BCUT2D eigenvalue weighted by atomic mass is 9.94. The van der Waals surface area contributed by atoms with Crippen molar-refractivity contribution >= 4 is 11.6 Å². The first-order chi connectivity index (χ1) is 9.07. The van der Waals surface area contributed by atoms with Crippen molar-refractivity contribution in [1.29, 1.82) is 0 Å². The van der Waals surface area contributed by atoms with Gasteiger partial charge in [-0.1, -0.05) is 31.5 Å². The summed E-state index contributed by atoms with van der Waals surface area (Å²) in [6, 6.07) is 7.68. The van der Waals surface area contributed by atoms with E-state index in [1.807, 2.05) is 24.3 Å². The van der Waals surface area contributed by atoms with Crippen LogP contribution in [0.5, 0.6) is 5.75 Å². The van der Waals surface area contributed by atoms with Gasteiger partial charge in [0.2, 0.25) is 0 Å². The van der Waals surface area contributed by atoms with E-state index in [1.165, 1.54) is 12.8 Å². The normalized spacial score (nSPS) is 20.7. The average molecular weight is 282 g/mol. The van der Waals surface area contributed by atoms with Crippen molar-refractivity contribution < 1.29 is 4.74 Å². The Hall–Kier alpha value is -0.730. The molecule has 2 nitrogen and oxygen atoms in total. The van der Waals surface area contributed by atoms with E-state index in [4.69, 9.17) is 16.3 Å². The first kappa shape index (κ1) is 14.7. The standard InChI is InChI=1S/C16H24ClNO/c1-4-16(3,5-2)18-10-9-15(12-18)19-14-8-6-7-13(17)11-14/h6-8,11,15H,4-5,9-10,12H2,1-3H3/t15-/m1/s1. The molecular formula is C16H24ClNO. The van der Waals surface area contributed by atoms with Gasteiger partial charge in [-0.25, -0.2) is 0 Å². The molecule has 0 radical (unpaired) electrons. The molecule has 0 bridgehead atoms. The van der Waals surface area contributed by atoms with Crippen molar-refractivity contribution in [2.24, 2.45) is 0 Å². The molecule has 1 aliphatic heterocycles. The van der Waals surface area contributed by atoms with E-state index in [9.17, 15) is 0 Å². The van der Waals surface area contributed by atoms with E-state index >= 15 is 0 Å². The minimum atomic E-state index is 0.288. The molecule has 1 aromatic rings. The average Bonchev–Trinajstić information content (AvgIpc) is 2.87. The molecule has 1 aliphatic rings. The topological polar surface area (TPSA) is 12.5 Å². The van der Waals surface area contributed by atoms with Crippen LogP contribution in [0.3, 0.4) is 0 Å². The summed E-state index contributed by atoms with van der Waals surface area (Å²) in [6.45, 7) is 9.05. The van der Waals surface area contributed by atoms with Gasteiger partial charge >= 0.3 is 0 Å². The van der Waals surface area contributed by atoms with Crippen LogP contribution >= 0.6 is 11.6 Å². The highest BCUT2D eigenvalue weighted by Crippen LogP contribution is 2.29. The number of halogens is 1. The van der Waals surface area contributed by atoms with Gasteiger partial charge in [-0.15, -0.1) is 0 Å². The van der Waals surface area contributed by atoms with E-state index < -0.39 is 0 Å². The molecule has 1 saturated heterocycles. The van der Waals surface area contributed by atoms with E-state index in [1.54, 1.807) is 0 Å². The maximum Gasteiger partial charge on any atom is 0.121 e. The Kier molecular flexibility index (Phi) is 4.75. The Morgan fingerprint density at radius 3 is 2.74 bits per heavy atom. The fourth-order valence-corrected chi connectivity index (χ4v) is 2.92. The molecule has 106 valence electrons. The van der Waals surface area contributed by atoms with Crippen molar-refractivity contribution in [2.45, 2.75) is 51.7 Å². The van der Waals surface area contributed by atoms with Crippen LogP contribution in [-0.4, -0.2) is 29.6 Å². The molecule has 3 heteroatoms. The second kappa shape index (κ2) is 6.15. The molecule has 1 fully saturated rings. The van der Waals surface area contributed by atoms with Crippen LogP contribution in [0.4, 0.5) is 0 Å². The quantitative estimate of drug-likeness (QED) is 0.794. The number of likely N-dealkylation sites (tertiary alicyclic amines) is 1. The largest absolute Gasteiger partial charge is 0.489 e. The third-order valence-electron chi connectivity index (χ3n) is 4.53. The summed E-state index contributed by atoms with van der Waals surface area (Å²) in [7, 11) is 0. The van der Waals surface area contributed by atoms with Crippen LogP contribution in [0.25, 0.3) is 0 Å². The third-order valence-corrected chi connectivity index (χ3v) is 4.77. The molecule has 0 spiro atoms. The Labute approximate surface area is 121 Å². The minimum absolute atomic E-state index is 0.288. The van der Waals surface area contributed by atoms with Crippen molar-refractivity contribution in [3.05, 3.63) is 29.3 Å². The maximum absolute atomic E-state index is 6.04. The monoisotopic (exact) mass is 281 g/mol. The van der Waals surface area contributed by atoms with Crippen LogP contribution in [0.1, 0.15) is 40.0 Å². The van der Waals surface area contributed by atoms with Gasteiger partial charge in [0.25, 0.3) is 0 Å². The van der Waals surface area contributed by atoms with Gasteiger partial charge in [-0.2, -0.15) is 0 Å². The highest BCUT2D eigenvalue weighted by molar-refractivity contribution is 6.30. The zero-order chi connectivity index (χ0) is 13.9. The lowest BCUT2D eigenvalue weighted by Gasteiger charge is -2.37. The number of hydrogen-bond donors (Lipinski definition) is 0. The number of benzene rings is 1. The summed E-state index contributed by atoms with van der Waals surface area (Å²) in [5.74, 6) is 0.883. The fraction of sp³-hybridized carbons (Fsp3) is 0.625. The van der Waals surface area contributed by atoms with Crippen LogP contribution in [0.15, 0.2) is 24.3 Å². The minimum Gasteiger partial charge on any atom is -0.489 e. The molecule has 1 aromatic carbocycles. The molecule has 2 rings (SSSR count). The number of rotatable bonds is 5. The first-order valence-electron chi connectivity index (χ1n) is 7.24. The number of nitrogens with zero attached hydrogens (tertiary/aromatic N) is 1. The molecule has 0 unspecified atom stereocenters. The van der Waals surface area contributed by atoms with E-state index in [0.29, 0.717) is 5.54 Å². The Morgan fingerprint density at radius 2 is 2.11 bits per heavy atom. The lowest BCUT2D eigenvalue weighted by molar-refractivity contribution is 0.105. The third kappa shape index (κ3) is 3.43. The Bertz CT molecular complexity index is 417. The van der Waals surface area contributed by atoms with Crippen molar-refractivity contribution in [3.63, 3.8) is 0 Å². The molecule has 0 aromatic heterocycles. The predicted octanol–water partition coefficient (Wildman–Crippen LogP) is 4.37. The maximum atomic E-state index is 6.04. The van der Waals surface area contributed by atoms with Crippen molar-refractivity contribution in [1.82, 2.24) is 4.90 Å². The lowest BCUT2D eigenvalue weighted by Crippen LogP contribution is -2.44. The molecular weight excluding hydrogens is 258 g/mol. The second-order valence-electron chi connectivity index (χ2n) is 5.64. The molecule has 0 saturated carbocycles. The second-order valence-corrected chi connectivity index (χ2v) is 6.07. The SMILES string of the molecule is CCC(C)(CC)N1CC[C@@H](Oc2cccc(Cl)c2)C1. The van der Waals surface area contributed by atoms with Crippen LogP contribution in [0, 0.1) is 0 Å². The summed E-state index contributed by atoms with van der Waals surface area (Å²) in [6.07, 6.45) is 3.76. The van der Waals surface area contributed by atoms with Crippen molar-refractivity contribution in [3.8, 4) is 5.75 Å². The van der Waals surface area contributed by atoms with Gasteiger partial charge in [0.1, 0.15) is 11.9 Å². The van der Waals surface area contributed by atoms with Crippen LogP contribution in [0.2, 0.25) is 5.02 Å². The van der Waals surface area contributed by atoms with Gasteiger partial charge in [0.15, 0.2) is 0 Å². The molecule has 0 aliphatic carbocycles. The smallest absolute Gasteiger partial charge is 0.121 e. The summed E-state index contributed by atoms with van der Waals surface area (Å²) in [4.78, 5) is 2.57. The van der Waals surface area contributed by atoms with Gasteiger partial charge in [0, 0.05) is 23.7 Å². The summed E-state index contributed by atoms with van der Waals surface area (Å²) < 4.78 is 6.04. The highest BCUT2D eigenvalue weighted by atomic mass is 35.5. The fourth-order valence-electron chi connectivity index (χ4n) is 2.74. The van der Waals surface area contributed by atoms with Gasteiger partial charge in [-0.05, 0) is 44.4 Å². The predicted molar refractivity (Wildman–Crippen MR) is 81.0 cm³/mol. The van der Waals surface area contributed by atoms with E-state index in [2.05, 4.69) is 25.7 Å². The molecule has 0 amide bonds. The van der Waals surface area contributed by atoms with E-state index in [0.717, 1.165) is 30.3 Å². The molecule has 0 N–H and O–H groups in total. The number of ether oxygens (including phenoxy) is 1. The zero-order valence-electron chi connectivity index (χ0n) is 12.2. The first-order valence-corrected chi connectivity index (χ1v) is 7.62. The van der Waals surface area contributed by atoms with E-state index in [-0.39, 0.29) is 6.10 Å². The van der Waals surface area contributed by atoms with Gasteiger partial charge in [0.05, 0.1) is 0 Å². The zero-order valence-corrected chi connectivity index (χ0v) is 12.9. The molecule has 1 atom stereocenters. The highest BCUT2D eigenvalue weighted by Gasteiger charge is 2.35. The summed E-state index contributed by atoms with van der Waals surface area (Å²) in [5, 5.41) is 0.735. The van der Waals surface area contributed by atoms with Gasteiger partial charge < -0.3 is 4.74 Å². The summed E-state index contributed by atoms with van der Waals surface area (Å²) in [5.41, 5.74) is 0.312. The molecule has 19 heavy (non-hydrogen) atoms. The molecule has 1 heterocycles. The summed E-state index contributed by atoms with van der Waals surface area (Å²) >= 11 is 5.99. The van der Waals surface area contributed by atoms with Crippen LogP contribution in [-0.2, 0) is 0 Å².